The molecule has 0 bridgehead atoms. The van der Waals surface area contributed by atoms with Crippen LogP contribution in [0.2, 0.25) is 0 Å². The number of ether oxygens (including phenoxy) is 3. The molecule has 280 valence electrons. The predicted octanol–water partition coefficient (Wildman–Crippen LogP) is 8.19. The summed E-state index contributed by atoms with van der Waals surface area (Å²) >= 11 is 0. The van der Waals surface area contributed by atoms with Crippen molar-refractivity contribution < 1.29 is 39.4 Å². The van der Waals surface area contributed by atoms with Crippen LogP contribution in [0.15, 0.2) is 0 Å². The van der Waals surface area contributed by atoms with Crippen molar-refractivity contribution in [2.24, 2.45) is 5.92 Å². The average molecular weight is 673 g/mol. The number of esters is 1. The predicted molar refractivity (Wildman–Crippen MR) is 190 cm³/mol. The van der Waals surface area contributed by atoms with Crippen molar-refractivity contribution in [2.75, 3.05) is 19.8 Å². The first-order valence-corrected chi connectivity index (χ1v) is 19.9. The third-order valence-electron chi connectivity index (χ3n) is 9.78. The molecule has 0 saturated heterocycles. The Labute approximate surface area is 288 Å². The highest BCUT2D eigenvalue weighted by Crippen LogP contribution is 2.28. The molecule has 0 aromatic carbocycles. The Morgan fingerprint density at radius 2 is 1.02 bits per heavy atom. The van der Waals surface area contributed by atoms with E-state index in [4.69, 9.17) is 14.2 Å². The molecular formula is C39H76O8. The molecule has 0 aromatic rings. The van der Waals surface area contributed by atoms with Crippen molar-refractivity contribution in [3.63, 3.8) is 0 Å². The highest BCUT2D eigenvalue weighted by molar-refractivity contribution is 5.69. The second-order valence-electron chi connectivity index (χ2n) is 14.5. The van der Waals surface area contributed by atoms with Crippen LogP contribution in [-0.2, 0) is 19.0 Å². The lowest BCUT2D eigenvalue weighted by Gasteiger charge is -2.24. The van der Waals surface area contributed by atoms with Gasteiger partial charge >= 0.3 is 5.97 Å². The van der Waals surface area contributed by atoms with Crippen molar-refractivity contribution in [3.8, 4) is 0 Å². The molecule has 0 heterocycles. The van der Waals surface area contributed by atoms with Crippen LogP contribution >= 0.6 is 0 Å². The molecule has 0 aliphatic heterocycles. The standard InChI is InChI=1S/C39H76O8/c1-4-6-8-10-11-12-13-14-17-20-24-28-34(41)47-39-37(44)35(42)36(43)38(39)46-31-33(40)30-45-29-25-21-18-15-16-19-23-27-32(3)26-22-9-7-5-2/h32-33,35-40,42-44H,4-31H2,1-3H3/t32?,33?,35-,36-,37+,38+,39-/m0/s1. The van der Waals surface area contributed by atoms with Gasteiger partial charge in [0.2, 0.25) is 0 Å². The Bertz CT molecular complexity index is 706. The summed E-state index contributed by atoms with van der Waals surface area (Å²) in [4.78, 5) is 12.5. The van der Waals surface area contributed by atoms with Gasteiger partial charge in [0.05, 0.1) is 13.2 Å². The Morgan fingerprint density at radius 1 is 0.574 bits per heavy atom. The zero-order valence-electron chi connectivity index (χ0n) is 30.8. The van der Waals surface area contributed by atoms with E-state index in [9.17, 15) is 25.2 Å². The average Bonchev–Trinajstić information content (AvgIpc) is 3.25. The van der Waals surface area contributed by atoms with Gasteiger partial charge in [-0.25, -0.2) is 0 Å². The van der Waals surface area contributed by atoms with E-state index < -0.39 is 42.6 Å². The minimum atomic E-state index is -1.49. The molecule has 47 heavy (non-hydrogen) atoms. The summed E-state index contributed by atoms with van der Waals surface area (Å²) in [6.45, 7) is 7.39. The fourth-order valence-corrected chi connectivity index (χ4v) is 6.59. The van der Waals surface area contributed by atoms with Crippen LogP contribution in [0, 0.1) is 5.92 Å². The molecule has 1 fully saturated rings. The monoisotopic (exact) mass is 673 g/mol. The summed E-state index contributed by atoms with van der Waals surface area (Å²) in [6, 6.07) is 0. The topological polar surface area (TPSA) is 126 Å². The van der Waals surface area contributed by atoms with Crippen molar-refractivity contribution in [1.29, 1.82) is 0 Å². The van der Waals surface area contributed by atoms with Crippen LogP contribution in [0.5, 0.6) is 0 Å². The van der Waals surface area contributed by atoms with E-state index >= 15 is 0 Å². The zero-order valence-corrected chi connectivity index (χ0v) is 30.8. The van der Waals surface area contributed by atoms with Crippen molar-refractivity contribution in [1.82, 2.24) is 0 Å². The van der Waals surface area contributed by atoms with E-state index in [0.29, 0.717) is 13.0 Å². The van der Waals surface area contributed by atoms with E-state index in [2.05, 4.69) is 20.8 Å². The lowest BCUT2D eigenvalue weighted by atomic mass is 9.96. The van der Waals surface area contributed by atoms with Gasteiger partial charge in [0.1, 0.15) is 30.5 Å². The minimum Gasteiger partial charge on any atom is -0.457 e. The number of hydrogen-bond acceptors (Lipinski definition) is 8. The number of aliphatic hydroxyl groups is 4. The molecule has 1 aliphatic carbocycles. The number of carbonyl (C=O) groups excluding carboxylic acids is 1. The molecule has 0 aromatic heterocycles. The first-order chi connectivity index (χ1) is 22.8. The third kappa shape index (κ3) is 22.5. The van der Waals surface area contributed by atoms with Crippen LogP contribution in [0.1, 0.15) is 181 Å². The van der Waals surface area contributed by atoms with Crippen LogP contribution in [0.3, 0.4) is 0 Å². The number of rotatable bonds is 33. The summed E-state index contributed by atoms with van der Waals surface area (Å²) in [5.74, 6) is 0.380. The Kier molecular flexibility index (Phi) is 28.3. The normalized spacial score (nSPS) is 22.5. The summed E-state index contributed by atoms with van der Waals surface area (Å²) in [6.07, 6.45) is 22.2. The maximum Gasteiger partial charge on any atom is 0.306 e. The molecule has 7 atom stereocenters. The second kappa shape index (κ2) is 30.1. The van der Waals surface area contributed by atoms with Gasteiger partial charge in [-0.15, -0.1) is 0 Å². The fourth-order valence-electron chi connectivity index (χ4n) is 6.59. The number of unbranched alkanes of at least 4 members (excludes halogenated alkanes) is 19. The summed E-state index contributed by atoms with van der Waals surface area (Å²) in [5.41, 5.74) is 0. The summed E-state index contributed by atoms with van der Waals surface area (Å²) in [5, 5.41) is 41.3. The van der Waals surface area contributed by atoms with Crippen LogP contribution < -0.4 is 0 Å². The van der Waals surface area contributed by atoms with Gasteiger partial charge in [-0.2, -0.15) is 0 Å². The quantitative estimate of drug-likeness (QED) is 0.0406. The Balaban J connectivity index is 2.10. The molecule has 0 amide bonds. The third-order valence-corrected chi connectivity index (χ3v) is 9.78. The molecule has 0 radical (unpaired) electrons. The molecule has 8 nitrogen and oxygen atoms in total. The van der Waals surface area contributed by atoms with Crippen molar-refractivity contribution in [3.05, 3.63) is 0 Å². The molecule has 4 N–H and O–H groups in total. The lowest BCUT2D eigenvalue weighted by Crippen LogP contribution is -2.41. The lowest BCUT2D eigenvalue weighted by molar-refractivity contribution is -0.168. The highest BCUT2D eigenvalue weighted by atomic mass is 16.6. The maximum atomic E-state index is 12.5. The van der Waals surface area contributed by atoms with Gasteiger partial charge in [-0.3, -0.25) is 4.79 Å². The first-order valence-electron chi connectivity index (χ1n) is 19.9. The maximum absolute atomic E-state index is 12.5. The fraction of sp³-hybridized carbons (Fsp3) is 0.974. The van der Waals surface area contributed by atoms with Gasteiger partial charge in [0.25, 0.3) is 0 Å². The SMILES string of the molecule is CCCCCCCCCCCCCC(=O)O[C@H]1[C@H](O)[C@@H](O)[C@H](O)[C@H]1OCC(O)COCCCCCCCCCC(C)CCCCCC. The highest BCUT2D eigenvalue weighted by Gasteiger charge is 2.52. The van der Waals surface area contributed by atoms with E-state index in [1.165, 1.54) is 122 Å². The van der Waals surface area contributed by atoms with Gasteiger partial charge in [0.15, 0.2) is 6.10 Å². The first kappa shape index (κ1) is 44.3. The second-order valence-corrected chi connectivity index (χ2v) is 14.5. The van der Waals surface area contributed by atoms with Gasteiger partial charge < -0.3 is 34.6 Å². The van der Waals surface area contributed by atoms with E-state index in [1.54, 1.807) is 0 Å². The van der Waals surface area contributed by atoms with Gasteiger partial charge in [-0.1, -0.05) is 162 Å². The molecule has 2 unspecified atom stereocenters. The summed E-state index contributed by atoms with van der Waals surface area (Å²) < 4.78 is 16.7. The molecule has 8 heteroatoms. The van der Waals surface area contributed by atoms with Crippen LogP contribution in [0.4, 0.5) is 0 Å². The van der Waals surface area contributed by atoms with Crippen molar-refractivity contribution in [2.45, 2.75) is 218 Å². The number of carbonyl (C=O) groups is 1. The molecule has 1 aliphatic rings. The van der Waals surface area contributed by atoms with Gasteiger partial charge in [0, 0.05) is 13.0 Å². The van der Waals surface area contributed by atoms with Gasteiger partial charge in [-0.05, 0) is 18.8 Å². The molecule has 0 spiro atoms. The molecular weight excluding hydrogens is 596 g/mol. The largest absolute Gasteiger partial charge is 0.457 e. The van der Waals surface area contributed by atoms with E-state index in [0.717, 1.165) is 31.6 Å². The van der Waals surface area contributed by atoms with Crippen molar-refractivity contribution >= 4 is 5.97 Å². The molecule has 1 rings (SSSR count). The van der Waals surface area contributed by atoms with E-state index in [-0.39, 0.29) is 19.6 Å². The smallest absolute Gasteiger partial charge is 0.306 e. The Morgan fingerprint density at radius 3 is 1.57 bits per heavy atom. The number of aliphatic hydroxyl groups excluding tert-OH is 4. The molecule has 1 saturated carbocycles. The zero-order chi connectivity index (χ0) is 34.5. The van der Waals surface area contributed by atoms with Crippen LogP contribution in [-0.4, -0.2) is 82.8 Å². The van der Waals surface area contributed by atoms with Crippen LogP contribution in [0.25, 0.3) is 0 Å². The minimum absolute atomic E-state index is 0.0911. The Hall–Kier alpha value is -0.770. The number of hydrogen-bond donors (Lipinski definition) is 4. The van der Waals surface area contributed by atoms with E-state index in [1.807, 2.05) is 0 Å². The summed E-state index contributed by atoms with van der Waals surface area (Å²) in [7, 11) is 0.